The van der Waals surface area contributed by atoms with Crippen molar-refractivity contribution >= 4 is 17.4 Å². The number of aromatic nitrogens is 4. The minimum atomic E-state index is 0.306. The van der Waals surface area contributed by atoms with E-state index in [0.717, 1.165) is 57.2 Å². The van der Waals surface area contributed by atoms with Crippen LogP contribution >= 0.6 is 0 Å². The average Bonchev–Trinajstić information content (AvgIpc) is 3.15. The van der Waals surface area contributed by atoms with Gasteiger partial charge in [0.1, 0.15) is 12.1 Å². The van der Waals surface area contributed by atoms with E-state index in [1.54, 1.807) is 10.8 Å². The van der Waals surface area contributed by atoms with Crippen LogP contribution in [0.25, 0.3) is 5.65 Å². The van der Waals surface area contributed by atoms with E-state index >= 15 is 0 Å². The van der Waals surface area contributed by atoms with E-state index in [9.17, 15) is 4.79 Å². The summed E-state index contributed by atoms with van der Waals surface area (Å²) in [5.74, 6) is 1.93. The number of piperazine rings is 1. The fourth-order valence-electron chi connectivity index (χ4n) is 3.73. The Kier molecular flexibility index (Phi) is 4.78. The van der Waals surface area contributed by atoms with E-state index in [-0.39, 0.29) is 0 Å². The maximum Gasteiger partial charge on any atom is 0.222 e. The fraction of sp³-hybridized carbons (Fsp3) is 0.647. The monoisotopic (exact) mass is 343 g/mol. The van der Waals surface area contributed by atoms with Gasteiger partial charge in [0.05, 0.1) is 0 Å². The number of amides is 1. The highest BCUT2D eigenvalue weighted by Crippen LogP contribution is 2.19. The van der Waals surface area contributed by atoms with Gasteiger partial charge in [0.15, 0.2) is 5.65 Å². The predicted octanol–water partition coefficient (Wildman–Crippen LogP) is 0.553. The Hall–Kier alpha value is -2.22. The highest BCUT2D eigenvalue weighted by molar-refractivity contribution is 5.76. The zero-order valence-electron chi connectivity index (χ0n) is 14.5. The second-order valence-corrected chi connectivity index (χ2v) is 6.93. The molecule has 0 bridgehead atoms. The van der Waals surface area contributed by atoms with Crippen LogP contribution in [-0.4, -0.2) is 69.9 Å². The minimum Gasteiger partial charge on any atom is -0.352 e. The highest BCUT2D eigenvalue weighted by Gasteiger charge is 2.23. The molecule has 8 nitrogen and oxygen atoms in total. The number of nitrogens with one attached hydrogen (secondary N) is 1. The lowest BCUT2D eigenvalue weighted by molar-refractivity contribution is -0.131. The standard InChI is InChI=1S/C17H25N7O/c25-17(4-1-14-5-7-18-8-6-14)23-11-9-22(10-12-23)16-3-2-15-20-19-13-24(15)21-16/h2-3,13-14,18H,1,4-12H2. The third-order valence-corrected chi connectivity index (χ3v) is 5.33. The first-order valence-corrected chi connectivity index (χ1v) is 9.20. The Bertz CT molecular complexity index is 717. The van der Waals surface area contributed by atoms with Crippen LogP contribution < -0.4 is 10.2 Å². The molecule has 0 aromatic carbocycles. The largest absolute Gasteiger partial charge is 0.352 e. The zero-order valence-corrected chi connectivity index (χ0v) is 14.5. The van der Waals surface area contributed by atoms with E-state index in [1.807, 2.05) is 17.0 Å². The molecule has 8 heteroatoms. The van der Waals surface area contributed by atoms with Crippen LogP contribution in [0.15, 0.2) is 18.5 Å². The lowest BCUT2D eigenvalue weighted by atomic mass is 9.93. The third kappa shape index (κ3) is 3.73. The number of carbonyl (C=O) groups is 1. The molecule has 2 aliphatic heterocycles. The van der Waals surface area contributed by atoms with Gasteiger partial charge in [-0.05, 0) is 50.4 Å². The Morgan fingerprint density at radius 1 is 1.16 bits per heavy atom. The van der Waals surface area contributed by atoms with Crippen LogP contribution in [0.4, 0.5) is 5.82 Å². The molecule has 2 saturated heterocycles. The normalized spacial score (nSPS) is 19.5. The molecule has 1 N–H and O–H groups in total. The van der Waals surface area contributed by atoms with Gasteiger partial charge in [-0.15, -0.1) is 15.3 Å². The van der Waals surface area contributed by atoms with E-state index < -0.39 is 0 Å². The molecule has 2 aliphatic rings. The van der Waals surface area contributed by atoms with Crippen LogP contribution in [0.2, 0.25) is 0 Å². The number of piperidine rings is 1. The summed E-state index contributed by atoms with van der Waals surface area (Å²) in [7, 11) is 0. The van der Waals surface area contributed by atoms with E-state index in [1.165, 1.54) is 12.8 Å². The number of hydrogen-bond donors (Lipinski definition) is 1. The average molecular weight is 343 g/mol. The van der Waals surface area contributed by atoms with Gasteiger partial charge >= 0.3 is 0 Å². The molecule has 0 unspecified atom stereocenters. The second-order valence-electron chi connectivity index (χ2n) is 6.93. The van der Waals surface area contributed by atoms with Crippen LogP contribution in [0.1, 0.15) is 25.7 Å². The lowest BCUT2D eigenvalue weighted by Gasteiger charge is -2.35. The summed E-state index contributed by atoms with van der Waals surface area (Å²) in [5.41, 5.74) is 0.746. The number of rotatable bonds is 4. The van der Waals surface area contributed by atoms with Crippen LogP contribution in [-0.2, 0) is 4.79 Å². The first-order valence-electron chi connectivity index (χ1n) is 9.20. The maximum atomic E-state index is 12.5. The molecule has 2 fully saturated rings. The molecule has 4 rings (SSSR count). The molecule has 4 heterocycles. The van der Waals surface area contributed by atoms with Crippen molar-refractivity contribution < 1.29 is 4.79 Å². The van der Waals surface area contributed by atoms with Gasteiger partial charge in [-0.1, -0.05) is 0 Å². The van der Waals surface area contributed by atoms with Crippen molar-refractivity contribution in [2.75, 3.05) is 44.2 Å². The number of carbonyl (C=O) groups excluding carboxylic acids is 1. The number of anilines is 1. The van der Waals surface area contributed by atoms with Gasteiger partial charge in [-0.3, -0.25) is 4.79 Å². The lowest BCUT2D eigenvalue weighted by Crippen LogP contribution is -2.49. The van der Waals surface area contributed by atoms with Gasteiger partial charge in [-0.25, -0.2) is 0 Å². The summed E-state index contributed by atoms with van der Waals surface area (Å²) in [5, 5.41) is 15.7. The summed E-state index contributed by atoms with van der Waals surface area (Å²) in [6.07, 6.45) is 5.75. The summed E-state index contributed by atoms with van der Waals surface area (Å²) in [6, 6.07) is 3.89. The Labute approximate surface area is 147 Å². The maximum absolute atomic E-state index is 12.5. The minimum absolute atomic E-state index is 0.306. The number of hydrogen-bond acceptors (Lipinski definition) is 6. The Morgan fingerprint density at radius 2 is 1.96 bits per heavy atom. The molecule has 2 aromatic heterocycles. The summed E-state index contributed by atoms with van der Waals surface area (Å²) in [6.45, 7) is 5.38. The number of nitrogens with zero attached hydrogens (tertiary/aromatic N) is 6. The van der Waals surface area contributed by atoms with E-state index in [0.29, 0.717) is 18.2 Å². The molecule has 25 heavy (non-hydrogen) atoms. The predicted molar refractivity (Wildman–Crippen MR) is 94.4 cm³/mol. The van der Waals surface area contributed by atoms with Gasteiger partial charge in [-0.2, -0.15) is 4.52 Å². The van der Waals surface area contributed by atoms with Crippen molar-refractivity contribution in [1.82, 2.24) is 30.0 Å². The first-order chi connectivity index (χ1) is 12.3. The Morgan fingerprint density at radius 3 is 2.76 bits per heavy atom. The molecule has 0 spiro atoms. The topological polar surface area (TPSA) is 78.7 Å². The van der Waals surface area contributed by atoms with Crippen molar-refractivity contribution in [3.05, 3.63) is 18.5 Å². The van der Waals surface area contributed by atoms with Crippen molar-refractivity contribution in [1.29, 1.82) is 0 Å². The molecule has 0 aliphatic carbocycles. The highest BCUT2D eigenvalue weighted by atomic mass is 16.2. The van der Waals surface area contributed by atoms with E-state index in [4.69, 9.17) is 0 Å². The Balaban J connectivity index is 1.27. The molecular weight excluding hydrogens is 318 g/mol. The van der Waals surface area contributed by atoms with Gasteiger partial charge in [0.25, 0.3) is 0 Å². The molecule has 0 radical (unpaired) electrons. The summed E-state index contributed by atoms with van der Waals surface area (Å²) >= 11 is 0. The number of fused-ring (bicyclic) bond motifs is 1. The van der Waals surface area contributed by atoms with Gasteiger partial charge in [0.2, 0.25) is 5.91 Å². The summed E-state index contributed by atoms with van der Waals surface area (Å²) in [4.78, 5) is 16.7. The quantitative estimate of drug-likeness (QED) is 0.874. The van der Waals surface area contributed by atoms with Gasteiger partial charge < -0.3 is 15.1 Å². The second kappa shape index (κ2) is 7.35. The molecule has 134 valence electrons. The molecule has 2 aromatic rings. The zero-order chi connectivity index (χ0) is 17.1. The van der Waals surface area contributed by atoms with Crippen molar-refractivity contribution in [3.63, 3.8) is 0 Å². The summed E-state index contributed by atoms with van der Waals surface area (Å²) < 4.78 is 1.69. The fourth-order valence-corrected chi connectivity index (χ4v) is 3.73. The SMILES string of the molecule is O=C(CCC1CCNCC1)N1CCN(c2ccc3nncn3n2)CC1. The van der Waals surface area contributed by atoms with Crippen molar-refractivity contribution in [2.24, 2.45) is 5.92 Å². The molecule has 0 atom stereocenters. The van der Waals surface area contributed by atoms with Crippen LogP contribution in [0.3, 0.4) is 0 Å². The first kappa shape index (κ1) is 16.3. The van der Waals surface area contributed by atoms with E-state index in [2.05, 4.69) is 25.5 Å². The van der Waals surface area contributed by atoms with Crippen molar-refractivity contribution in [2.45, 2.75) is 25.7 Å². The van der Waals surface area contributed by atoms with Crippen molar-refractivity contribution in [3.8, 4) is 0 Å². The van der Waals surface area contributed by atoms with Crippen LogP contribution in [0.5, 0.6) is 0 Å². The molecule has 1 amide bonds. The molecular formula is C17H25N7O. The third-order valence-electron chi connectivity index (χ3n) is 5.33. The van der Waals surface area contributed by atoms with Gasteiger partial charge in [0, 0.05) is 32.6 Å². The smallest absolute Gasteiger partial charge is 0.222 e. The van der Waals surface area contributed by atoms with Crippen LogP contribution in [0, 0.1) is 5.92 Å². The molecule has 0 saturated carbocycles.